The van der Waals surface area contributed by atoms with Gasteiger partial charge in [-0.1, -0.05) is 0 Å². The van der Waals surface area contributed by atoms with E-state index < -0.39 is 7.69 Å². The molecule has 0 aromatic carbocycles. The molecule has 0 aliphatic rings. The van der Waals surface area contributed by atoms with Gasteiger partial charge >= 0.3 is 51.4 Å². The summed E-state index contributed by atoms with van der Waals surface area (Å²) >= 11 is 0. The number of nitrogens with zero attached hydrogens (tertiary/aromatic N) is 1. The zero-order valence-corrected chi connectivity index (χ0v) is 8.86. The fraction of sp³-hybridized carbons (Fsp3) is 0. The molecule has 0 amide bonds. The van der Waals surface area contributed by atoms with Crippen molar-refractivity contribution in [2.45, 2.75) is 0 Å². The first-order valence-electron chi connectivity index (χ1n) is 2.03. The molecule has 0 atom stereocenters. The van der Waals surface area contributed by atoms with Crippen LogP contribution >= 0.6 is 0 Å². The van der Waals surface area contributed by atoms with Crippen molar-refractivity contribution in [1.29, 1.82) is 0 Å². The molecule has 0 bridgehead atoms. The van der Waals surface area contributed by atoms with Crippen LogP contribution in [0.4, 0.5) is 0 Å². The predicted octanol–water partition coefficient (Wildman–Crippen LogP) is -5.81. The van der Waals surface area contributed by atoms with E-state index in [2.05, 4.69) is 9.97 Å². The van der Waals surface area contributed by atoms with Crippen LogP contribution in [0, 0.1) is 0 Å². The van der Waals surface area contributed by atoms with E-state index >= 15 is 0 Å². The smallest absolute Gasteiger partial charge is 0.859 e. The van der Waals surface area contributed by atoms with Crippen molar-refractivity contribution in [3.05, 3.63) is 18.7 Å². The van der Waals surface area contributed by atoms with Gasteiger partial charge in [-0.15, -0.1) is 0 Å². The molecule has 1 aromatic heterocycles. The van der Waals surface area contributed by atoms with E-state index in [0.29, 0.717) is 0 Å². The number of nitrogens with one attached hydrogen (secondary N) is 1. The second kappa shape index (κ2) is 16.4. The normalized spacial score (nSPS) is 5.40. The average Bonchev–Trinajstić information content (AvgIpc) is 2.17. The molecule has 0 radical (unpaired) electrons. The molecule has 1 aromatic rings. The third kappa shape index (κ3) is 15.9. The van der Waals surface area contributed by atoms with Gasteiger partial charge in [-0.25, -0.2) is 4.98 Å². The molecule has 1 rings (SSSR count). The summed E-state index contributed by atoms with van der Waals surface area (Å²) in [5, 5.41) is 15.5. The minimum atomic E-state index is -1.00. The first-order chi connectivity index (χ1) is 3.91. The average molecular weight is 170 g/mol. The Hall–Kier alpha value is 0.791. The molecule has 0 aliphatic carbocycles. The first kappa shape index (κ1) is 17.0. The van der Waals surface area contributed by atoms with Crippen LogP contribution in [0.1, 0.15) is 0 Å². The molecule has 10 heavy (non-hydrogen) atoms. The second-order valence-electron chi connectivity index (χ2n) is 0.890. The Balaban J connectivity index is -0.0000000900. The van der Waals surface area contributed by atoms with Crippen molar-refractivity contribution in [2.24, 2.45) is 0 Å². The van der Waals surface area contributed by atoms with Crippen LogP contribution < -0.4 is 56.4 Å². The van der Waals surface area contributed by atoms with Gasteiger partial charge in [-0.3, -0.25) is 0 Å². The first-order valence-corrected chi connectivity index (χ1v) is 2.03. The fourth-order valence-corrected chi connectivity index (χ4v) is 0.215. The predicted molar refractivity (Wildman–Crippen MR) is 31.6 cm³/mol. The Morgan fingerprint density at radius 2 is 2.10 bits per heavy atom. The molecule has 0 unspecified atom stereocenters. The van der Waals surface area contributed by atoms with Crippen LogP contribution in [0.3, 0.4) is 0 Å². The molecular formula is C3H8BKN2O3. The fourth-order valence-electron chi connectivity index (χ4n) is 0.215. The zero-order chi connectivity index (χ0) is 6.24. The van der Waals surface area contributed by atoms with Crippen molar-refractivity contribution in [3.8, 4) is 0 Å². The van der Waals surface area contributed by atoms with E-state index in [-0.39, 0.29) is 56.9 Å². The standard InChI is InChI=1S/C3H4N2.BH2O2.K.H2O/c1-2-5-3-4-1;2-1-3;;/h1-3H,(H,4,5);1-2H;;1H2/q;-1;+1;. The Morgan fingerprint density at radius 1 is 1.60 bits per heavy atom. The number of aromatic amines is 1. The maximum absolute atomic E-state index is 8.49. The van der Waals surface area contributed by atoms with Crippen LogP contribution in [0.2, 0.25) is 0 Å². The summed E-state index contributed by atoms with van der Waals surface area (Å²) in [6, 6.07) is 0. The third-order valence-electron chi connectivity index (χ3n) is 0.406. The zero-order valence-electron chi connectivity index (χ0n) is 5.74. The molecule has 0 spiro atoms. The summed E-state index contributed by atoms with van der Waals surface area (Å²) in [6.07, 6.45) is 5.08. The summed E-state index contributed by atoms with van der Waals surface area (Å²) in [5.41, 5.74) is 0. The minimum absolute atomic E-state index is 0. The molecule has 0 aliphatic heterocycles. The van der Waals surface area contributed by atoms with E-state index in [0.717, 1.165) is 0 Å². The Labute approximate surface area is 102 Å². The number of hydrogen-bond acceptors (Lipinski definition) is 3. The van der Waals surface area contributed by atoms with Crippen LogP contribution in [0.15, 0.2) is 18.7 Å². The minimum Gasteiger partial charge on any atom is -0.859 e. The topological polar surface area (TPSA) is 103 Å². The van der Waals surface area contributed by atoms with Gasteiger partial charge in [0.2, 0.25) is 0 Å². The van der Waals surface area contributed by atoms with E-state index in [4.69, 9.17) is 10.0 Å². The van der Waals surface area contributed by atoms with Gasteiger partial charge in [-0.2, -0.15) is 0 Å². The van der Waals surface area contributed by atoms with Gasteiger partial charge in [0.15, 0.2) is 7.69 Å². The molecule has 0 saturated carbocycles. The number of H-pyrrole nitrogens is 1. The monoisotopic (exact) mass is 170 g/mol. The van der Waals surface area contributed by atoms with Gasteiger partial charge in [0.25, 0.3) is 0 Å². The Kier molecular flexibility index (Phi) is 28.0. The molecule has 4 N–H and O–H groups in total. The van der Waals surface area contributed by atoms with Crippen molar-refractivity contribution in [2.75, 3.05) is 0 Å². The third-order valence-corrected chi connectivity index (χ3v) is 0.406. The van der Waals surface area contributed by atoms with Crippen molar-refractivity contribution in [1.82, 2.24) is 9.97 Å². The summed E-state index contributed by atoms with van der Waals surface area (Å²) in [4.78, 5) is 6.42. The Bertz CT molecular complexity index is 88.6. The summed E-state index contributed by atoms with van der Waals surface area (Å²) in [6.45, 7) is 0. The van der Waals surface area contributed by atoms with E-state index in [9.17, 15) is 0 Å². The van der Waals surface area contributed by atoms with Crippen LogP contribution in [0.5, 0.6) is 0 Å². The quantitative estimate of drug-likeness (QED) is 0.379. The van der Waals surface area contributed by atoms with Gasteiger partial charge in [0.05, 0.1) is 6.33 Å². The number of hydrogen-bond donors (Lipinski definition) is 2. The summed E-state index contributed by atoms with van der Waals surface area (Å²) < 4.78 is 0. The van der Waals surface area contributed by atoms with Crippen LogP contribution in [0.25, 0.3) is 0 Å². The van der Waals surface area contributed by atoms with Crippen molar-refractivity contribution >= 4 is 7.69 Å². The van der Waals surface area contributed by atoms with Crippen molar-refractivity contribution in [3.63, 3.8) is 0 Å². The number of aromatic nitrogens is 2. The molecule has 7 heteroatoms. The van der Waals surface area contributed by atoms with Gasteiger partial charge in [0, 0.05) is 12.4 Å². The molecule has 0 saturated heterocycles. The van der Waals surface area contributed by atoms with Crippen LogP contribution in [-0.2, 0) is 0 Å². The summed E-state index contributed by atoms with van der Waals surface area (Å²) in [5.74, 6) is 0. The number of imidazole rings is 1. The molecule has 1 heterocycles. The van der Waals surface area contributed by atoms with Gasteiger partial charge < -0.3 is 20.5 Å². The Morgan fingerprint density at radius 3 is 2.20 bits per heavy atom. The maximum atomic E-state index is 8.49. The molecular weight excluding hydrogens is 162 g/mol. The van der Waals surface area contributed by atoms with E-state index in [1.54, 1.807) is 18.7 Å². The van der Waals surface area contributed by atoms with E-state index in [1.165, 1.54) is 0 Å². The SMILES string of the molecule is O.[K+].[O-]BO.c1c[nH]cn1. The maximum Gasteiger partial charge on any atom is 1.00 e. The molecule has 5 nitrogen and oxygen atoms in total. The van der Waals surface area contributed by atoms with Gasteiger partial charge in [-0.05, 0) is 0 Å². The van der Waals surface area contributed by atoms with E-state index in [1.807, 2.05) is 0 Å². The van der Waals surface area contributed by atoms with Crippen molar-refractivity contribution < 1.29 is 66.9 Å². The largest absolute Gasteiger partial charge is 1.00 e. The molecule has 0 fully saturated rings. The summed E-state index contributed by atoms with van der Waals surface area (Å²) in [7, 11) is -1.00. The second-order valence-corrected chi connectivity index (χ2v) is 0.890. The van der Waals surface area contributed by atoms with Crippen LogP contribution in [-0.4, -0.2) is 28.2 Å². The number of rotatable bonds is 0. The molecule has 52 valence electrons. The van der Waals surface area contributed by atoms with Gasteiger partial charge in [0.1, 0.15) is 0 Å².